The highest BCUT2D eigenvalue weighted by atomic mass is 19.1. The smallest absolute Gasteiger partial charge is 0.131 e. The summed E-state index contributed by atoms with van der Waals surface area (Å²) in [6.45, 7) is 1.58. The highest BCUT2D eigenvalue weighted by Crippen LogP contribution is 2.45. The zero-order valence-corrected chi connectivity index (χ0v) is 25.1. The Morgan fingerprint density at radius 3 is 1.41 bits per heavy atom. The van der Waals surface area contributed by atoms with Gasteiger partial charge >= 0.3 is 0 Å². The second kappa shape index (κ2) is 12.0. The van der Waals surface area contributed by atoms with Crippen molar-refractivity contribution in [1.29, 1.82) is 0 Å². The van der Waals surface area contributed by atoms with Crippen molar-refractivity contribution in [3.05, 3.63) is 141 Å². The summed E-state index contributed by atoms with van der Waals surface area (Å²) in [7, 11) is 3.85. The molecule has 4 aromatic carbocycles. The van der Waals surface area contributed by atoms with Gasteiger partial charge in [0.15, 0.2) is 0 Å². The lowest BCUT2D eigenvalue weighted by Crippen LogP contribution is -2.23. The molecule has 0 bridgehead atoms. The van der Waals surface area contributed by atoms with Gasteiger partial charge in [-0.25, -0.2) is 8.78 Å². The molecule has 4 nitrogen and oxygen atoms in total. The van der Waals surface area contributed by atoms with Crippen LogP contribution in [-0.4, -0.2) is 39.4 Å². The minimum absolute atomic E-state index is 0.109. The predicted octanol–water partition coefficient (Wildman–Crippen LogP) is 7.21. The first-order valence-electron chi connectivity index (χ1n) is 15.3. The second-order valence-corrected chi connectivity index (χ2v) is 11.9. The first kappa shape index (κ1) is 28.5. The van der Waals surface area contributed by atoms with E-state index >= 15 is 0 Å². The first-order chi connectivity index (χ1) is 21.5. The minimum Gasteiger partial charge on any atom is -0.488 e. The number of ether oxygens (including phenoxy) is 2. The molecule has 0 amide bonds. The molecule has 0 spiro atoms. The van der Waals surface area contributed by atoms with Crippen molar-refractivity contribution in [3.8, 4) is 0 Å². The van der Waals surface area contributed by atoms with E-state index in [9.17, 15) is 8.78 Å². The van der Waals surface area contributed by atoms with Crippen molar-refractivity contribution in [2.75, 3.05) is 27.2 Å². The van der Waals surface area contributed by atoms with Crippen LogP contribution in [0, 0.1) is 11.6 Å². The molecule has 6 heteroatoms. The fourth-order valence-corrected chi connectivity index (χ4v) is 6.98. The third-order valence-electron chi connectivity index (χ3n) is 8.92. The Balaban J connectivity index is 0.000000142. The number of rotatable bonds is 4. The van der Waals surface area contributed by atoms with Gasteiger partial charge in [-0.3, -0.25) is 0 Å². The van der Waals surface area contributed by atoms with E-state index in [2.05, 4.69) is 59.2 Å². The lowest BCUT2D eigenvalue weighted by Gasteiger charge is -2.15. The fraction of sp³-hybridized carbons (Fsp3) is 0.263. The molecule has 4 aliphatic rings. The fourth-order valence-electron chi connectivity index (χ4n) is 6.98. The van der Waals surface area contributed by atoms with Gasteiger partial charge in [0.1, 0.15) is 35.4 Å². The lowest BCUT2D eigenvalue weighted by atomic mass is 9.95. The Morgan fingerprint density at radius 2 is 0.977 bits per heavy atom. The number of hydrogen-bond donors (Lipinski definition) is 2. The average Bonchev–Trinajstić information content (AvgIpc) is 3.59. The summed E-state index contributed by atoms with van der Waals surface area (Å²) in [6, 6.07) is 26.9. The maximum Gasteiger partial charge on any atom is 0.131 e. The summed E-state index contributed by atoms with van der Waals surface area (Å²) < 4.78 is 39.9. The average molecular weight is 591 g/mol. The summed E-state index contributed by atoms with van der Waals surface area (Å²) in [4.78, 5) is 0. The molecule has 224 valence electrons. The topological polar surface area (TPSA) is 42.5 Å². The van der Waals surface area contributed by atoms with Gasteiger partial charge < -0.3 is 20.1 Å². The molecule has 2 unspecified atom stereocenters. The number of halogens is 2. The van der Waals surface area contributed by atoms with Crippen LogP contribution in [-0.2, 0) is 22.3 Å². The number of benzene rings is 4. The highest BCUT2D eigenvalue weighted by molar-refractivity contribution is 5.94. The van der Waals surface area contributed by atoms with Crippen LogP contribution >= 0.6 is 0 Å². The van der Waals surface area contributed by atoms with Gasteiger partial charge in [-0.1, -0.05) is 60.7 Å². The van der Waals surface area contributed by atoms with Crippen LogP contribution in [0.4, 0.5) is 8.78 Å². The molecule has 0 saturated heterocycles. The molecule has 0 radical (unpaired) electrons. The van der Waals surface area contributed by atoms with Crippen molar-refractivity contribution >= 4 is 22.7 Å². The minimum atomic E-state index is -0.211. The van der Waals surface area contributed by atoms with Crippen LogP contribution in [0.15, 0.2) is 84.9 Å². The molecule has 4 aromatic rings. The third kappa shape index (κ3) is 5.33. The van der Waals surface area contributed by atoms with E-state index in [1.165, 1.54) is 45.5 Å². The van der Waals surface area contributed by atoms with Gasteiger partial charge in [-0.2, -0.15) is 0 Å². The van der Waals surface area contributed by atoms with Crippen molar-refractivity contribution < 1.29 is 18.3 Å². The molecule has 2 heterocycles. The summed E-state index contributed by atoms with van der Waals surface area (Å²) in [5.41, 5.74) is 11.5. The second-order valence-electron chi connectivity index (χ2n) is 11.9. The summed E-state index contributed by atoms with van der Waals surface area (Å²) in [6.07, 6.45) is 3.58. The van der Waals surface area contributed by atoms with Gasteiger partial charge in [0.2, 0.25) is 0 Å². The quantitative estimate of drug-likeness (QED) is 0.264. The highest BCUT2D eigenvalue weighted by Gasteiger charge is 2.33. The van der Waals surface area contributed by atoms with E-state index in [1.54, 1.807) is 12.1 Å². The zero-order chi connectivity index (χ0) is 30.2. The largest absolute Gasteiger partial charge is 0.488 e. The summed E-state index contributed by atoms with van der Waals surface area (Å²) in [5, 5.41) is 6.34. The number of hydrogen-bond acceptors (Lipinski definition) is 4. The standard InChI is InChI=1S/2C19H18FNO/c2*1-21-11-15-10-18-16-5-3-2-4-12(16)8-13-6-7-14(20)9-17(13)19(18)22-15/h2*2-7,9,15,21H,8,10-11H2,1H3. The van der Waals surface area contributed by atoms with Gasteiger partial charge in [0.05, 0.1) is 0 Å². The Labute approximate surface area is 257 Å². The van der Waals surface area contributed by atoms with Gasteiger partial charge in [-0.15, -0.1) is 0 Å². The van der Waals surface area contributed by atoms with E-state index in [4.69, 9.17) is 9.47 Å². The predicted molar refractivity (Wildman–Crippen MR) is 172 cm³/mol. The van der Waals surface area contributed by atoms with Crippen LogP contribution in [0.3, 0.4) is 0 Å². The van der Waals surface area contributed by atoms with E-state index in [-0.39, 0.29) is 23.8 Å². The molecular weight excluding hydrogens is 554 g/mol. The third-order valence-corrected chi connectivity index (χ3v) is 8.92. The van der Waals surface area contributed by atoms with E-state index in [1.807, 2.05) is 26.2 Å². The lowest BCUT2D eigenvalue weighted by molar-refractivity contribution is 0.190. The molecule has 0 fully saturated rings. The van der Waals surface area contributed by atoms with E-state index < -0.39 is 0 Å². The van der Waals surface area contributed by atoms with Crippen LogP contribution in [0.5, 0.6) is 0 Å². The van der Waals surface area contributed by atoms with Crippen molar-refractivity contribution in [3.63, 3.8) is 0 Å². The Hall–Kier alpha value is -4.26. The molecule has 2 aliphatic heterocycles. The molecule has 0 aromatic heterocycles. The molecule has 8 rings (SSSR count). The van der Waals surface area contributed by atoms with Crippen molar-refractivity contribution in [2.24, 2.45) is 0 Å². The Bertz CT molecular complexity index is 1660. The molecule has 0 saturated carbocycles. The van der Waals surface area contributed by atoms with E-state index in [0.29, 0.717) is 0 Å². The zero-order valence-electron chi connectivity index (χ0n) is 25.1. The number of likely N-dealkylation sites (N-methyl/N-ethyl adjacent to an activating group) is 2. The molecule has 44 heavy (non-hydrogen) atoms. The van der Waals surface area contributed by atoms with Crippen molar-refractivity contribution in [2.45, 2.75) is 37.9 Å². The van der Waals surface area contributed by atoms with Crippen LogP contribution in [0.25, 0.3) is 22.7 Å². The Kier molecular flexibility index (Phi) is 7.79. The molecular formula is C38H36F2N2O2. The number of fused-ring (bicyclic) bond motifs is 8. The maximum atomic E-state index is 13.8. The van der Waals surface area contributed by atoms with E-state index in [0.717, 1.165) is 72.5 Å². The monoisotopic (exact) mass is 590 g/mol. The van der Waals surface area contributed by atoms with Gasteiger partial charge in [0, 0.05) is 48.2 Å². The first-order valence-corrected chi connectivity index (χ1v) is 15.3. The van der Waals surface area contributed by atoms with Crippen molar-refractivity contribution in [1.82, 2.24) is 10.6 Å². The summed E-state index contributed by atoms with van der Waals surface area (Å²) >= 11 is 0. The maximum absolute atomic E-state index is 13.8. The van der Waals surface area contributed by atoms with Crippen LogP contribution < -0.4 is 10.6 Å². The van der Waals surface area contributed by atoms with Crippen LogP contribution in [0.2, 0.25) is 0 Å². The molecule has 2 N–H and O–H groups in total. The normalized spacial score (nSPS) is 19.1. The summed E-state index contributed by atoms with van der Waals surface area (Å²) in [5.74, 6) is 1.30. The number of nitrogens with one attached hydrogen (secondary N) is 2. The SMILES string of the molecule is CNCC1CC2=C(O1)c1cc(F)ccc1Cc1ccccc12.CNCC1CC2=C(O1)c1cc(F)ccc1Cc1ccccc12. The van der Waals surface area contributed by atoms with Crippen LogP contribution in [0.1, 0.15) is 57.3 Å². The molecule has 2 aliphatic carbocycles. The van der Waals surface area contributed by atoms with Gasteiger partial charge in [0.25, 0.3) is 0 Å². The van der Waals surface area contributed by atoms with Gasteiger partial charge in [-0.05, 0) is 84.6 Å². The Morgan fingerprint density at radius 1 is 0.568 bits per heavy atom. The molecule has 2 atom stereocenters.